The number of ether oxygens (including phenoxy) is 1. The molecule has 3 saturated carbocycles. The zero-order chi connectivity index (χ0) is 24.4. The van der Waals surface area contributed by atoms with Gasteiger partial charge in [-0.05, 0) is 98.1 Å². The van der Waals surface area contributed by atoms with E-state index in [1.54, 1.807) is 0 Å². The fourth-order valence-corrected chi connectivity index (χ4v) is 9.35. The van der Waals surface area contributed by atoms with E-state index in [9.17, 15) is 9.90 Å². The summed E-state index contributed by atoms with van der Waals surface area (Å²) in [6.07, 6.45) is 11.5. The number of carbonyl (C=O) groups excluding carboxylic acids is 1. The van der Waals surface area contributed by atoms with E-state index < -0.39 is 5.79 Å². The molecule has 4 aliphatic rings. The highest BCUT2D eigenvalue weighted by atomic mass is 79.9. The van der Waals surface area contributed by atoms with E-state index in [2.05, 4.69) is 42.8 Å². The topological polar surface area (TPSA) is 46.5 Å². The number of benzene rings is 1. The maximum Gasteiger partial charge on any atom is 0.169 e. The van der Waals surface area contributed by atoms with E-state index in [1.807, 2.05) is 31.2 Å². The second-order valence-electron chi connectivity index (χ2n) is 12.3. The first kappa shape index (κ1) is 24.7. The van der Waals surface area contributed by atoms with Crippen LogP contribution in [0.1, 0.15) is 91.0 Å². The molecule has 1 aromatic carbocycles. The summed E-state index contributed by atoms with van der Waals surface area (Å²) in [5.41, 5.74) is 2.65. The van der Waals surface area contributed by atoms with Gasteiger partial charge in [0, 0.05) is 22.7 Å². The van der Waals surface area contributed by atoms with Crippen molar-refractivity contribution in [2.24, 2.45) is 34.0 Å². The maximum atomic E-state index is 12.9. The predicted molar refractivity (Wildman–Crippen MR) is 139 cm³/mol. The predicted octanol–water partition coefficient (Wildman–Crippen LogP) is 7.60. The minimum Gasteiger partial charge on any atom is -0.365 e. The van der Waals surface area contributed by atoms with Gasteiger partial charge in [-0.3, -0.25) is 4.79 Å². The van der Waals surface area contributed by atoms with Gasteiger partial charge in [-0.1, -0.05) is 60.5 Å². The number of allylic oxidation sites excluding steroid dienone is 1. The van der Waals surface area contributed by atoms with Crippen molar-refractivity contribution < 1.29 is 14.6 Å². The van der Waals surface area contributed by atoms with Gasteiger partial charge in [0.2, 0.25) is 0 Å². The highest BCUT2D eigenvalue weighted by molar-refractivity contribution is 9.10. The summed E-state index contributed by atoms with van der Waals surface area (Å²) >= 11 is 3.48. The Balaban J connectivity index is 1.35. The van der Waals surface area contributed by atoms with Crippen LogP contribution in [0.4, 0.5) is 0 Å². The first-order valence-corrected chi connectivity index (χ1v) is 14.2. The highest BCUT2D eigenvalue weighted by Crippen LogP contribution is 2.70. The molecule has 1 aromatic rings. The van der Waals surface area contributed by atoms with E-state index in [1.165, 1.54) is 24.8 Å². The van der Waals surface area contributed by atoms with Gasteiger partial charge in [-0.15, -0.1) is 0 Å². The number of aliphatic hydroxyl groups is 1. The molecule has 7 atom stereocenters. The van der Waals surface area contributed by atoms with E-state index in [0.717, 1.165) is 35.7 Å². The molecular weight excluding hydrogens is 488 g/mol. The van der Waals surface area contributed by atoms with Crippen LogP contribution in [0, 0.1) is 34.0 Å². The number of Topliss-reactive ketones (excluding diaryl/α,β-unsaturated/α-hetero) is 1. The Bertz CT molecular complexity index is 985. The number of carbonyl (C=O) groups is 1. The van der Waals surface area contributed by atoms with Gasteiger partial charge in [0.1, 0.15) is 5.78 Å². The third kappa shape index (κ3) is 3.61. The maximum absolute atomic E-state index is 12.9. The lowest BCUT2D eigenvalue weighted by Crippen LogP contribution is -2.55. The molecule has 4 heteroatoms. The SMILES string of the molecule is CC[C@]1(C(C)=O)CC[C@H]2[C@@H]3CC=C4CC(O)(OCc5ccc(Br)cc5)CC[C@]4(C)[C@H]3CC[C@@]21C. The van der Waals surface area contributed by atoms with Crippen LogP contribution in [0.3, 0.4) is 0 Å². The van der Waals surface area contributed by atoms with Crippen molar-refractivity contribution in [1.29, 1.82) is 0 Å². The molecule has 0 bridgehead atoms. The molecule has 0 aliphatic heterocycles. The molecule has 1 unspecified atom stereocenters. The molecule has 34 heavy (non-hydrogen) atoms. The molecule has 0 amide bonds. The zero-order valence-corrected chi connectivity index (χ0v) is 22.9. The quantitative estimate of drug-likeness (QED) is 0.316. The average Bonchev–Trinajstić information content (AvgIpc) is 3.13. The Morgan fingerprint density at radius 2 is 1.79 bits per heavy atom. The van der Waals surface area contributed by atoms with Crippen LogP contribution < -0.4 is 0 Å². The Morgan fingerprint density at radius 1 is 1.09 bits per heavy atom. The largest absolute Gasteiger partial charge is 0.365 e. The molecule has 4 aliphatic carbocycles. The number of hydrogen-bond acceptors (Lipinski definition) is 3. The van der Waals surface area contributed by atoms with Crippen molar-refractivity contribution in [3.63, 3.8) is 0 Å². The summed E-state index contributed by atoms with van der Waals surface area (Å²) in [6, 6.07) is 8.12. The van der Waals surface area contributed by atoms with Gasteiger partial charge in [-0.25, -0.2) is 0 Å². The van der Waals surface area contributed by atoms with Crippen LogP contribution >= 0.6 is 15.9 Å². The van der Waals surface area contributed by atoms with Gasteiger partial charge in [0.15, 0.2) is 5.79 Å². The number of hydrogen-bond donors (Lipinski definition) is 1. The van der Waals surface area contributed by atoms with E-state index >= 15 is 0 Å². The molecule has 186 valence electrons. The molecule has 0 saturated heterocycles. The Hall–Kier alpha value is -0.970. The molecule has 5 rings (SSSR count). The second-order valence-corrected chi connectivity index (χ2v) is 13.2. The fraction of sp³-hybridized carbons (Fsp3) is 0.700. The minimum absolute atomic E-state index is 0.124. The van der Waals surface area contributed by atoms with Crippen LogP contribution in [0.25, 0.3) is 0 Å². The van der Waals surface area contributed by atoms with E-state index in [0.29, 0.717) is 43.0 Å². The Morgan fingerprint density at radius 3 is 2.47 bits per heavy atom. The lowest BCUT2D eigenvalue weighted by molar-refractivity contribution is -0.231. The molecule has 0 heterocycles. The third-order valence-corrected chi connectivity index (χ3v) is 11.7. The van der Waals surface area contributed by atoms with Crippen LogP contribution in [0.2, 0.25) is 0 Å². The monoisotopic (exact) mass is 528 g/mol. The summed E-state index contributed by atoms with van der Waals surface area (Å²) in [5.74, 6) is 1.30. The van der Waals surface area contributed by atoms with Crippen molar-refractivity contribution >= 4 is 21.7 Å². The van der Waals surface area contributed by atoms with Crippen molar-refractivity contribution in [2.75, 3.05) is 0 Å². The second kappa shape index (κ2) is 8.56. The van der Waals surface area contributed by atoms with Gasteiger partial charge in [0.25, 0.3) is 0 Å². The van der Waals surface area contributed by atoms with Gasteiger partial charge >= 0.3 is 0 Å². The summed E-state index contributed by atoms with van der Waals surface area (Å²) in [4.78, 5) is 12.9. The molecule has 0 spiro atoms. The number of rotatable bonds is 5. The standard InChI is InChI=1S/C30H41BrO3/c1-5-29(20(2)32)15-13-26-24-11-8-22-18-30(33,34-19-21-6-9-23(31)10-7-21)17-16-27(22,3)25(24)12-14-28(26,29)4/h6-10,24-26,33H,5,11-19H2,1-4H3/t24-,25+,26+,27+,28+,29-,30?/m1/s1. The fourth-order valence-electron chi connectivity index (χ4n) is 9.08. The lowest BCUT2D eigenvalue weighted by Gasteiger charge is -2.60. The molecule has 0 radical (unpaired) electrons. The van der Waals surface area contributed by atoms with Gasteiger partial charge < -0.3 is 9.84 Å². The molecule has 1 N–H and O–H groups in total. The smallest absolute Gasteiger partial charge is 0.169 e. The van der Waals surface area contributed by atoms with Crippen molar-refractivity contribution in [1.82, 2.24) is 0 Å². The summed E-state index contributed by atoms with van der Waals surface area (Å²) in [7, 11) is 0. The van der Waals surface area contributed by atoms with Gasteiger partial charge in [0.05, 0.1) is 6.61 Å². The van der Waals surface area contributed by atoms with Crippen LogP contribution in [0.5, 0.6) is 0 Å². The number of halogens is 1. The highest BCUT2D eigenvalue weighted by Gasteiger charge is 2.65. The van der Waals surface area contributed by atoms with Crippen LogP contribution in [0.15, 0.2) is 40.4 Å². The van der Waals surface area contributed by atoms with E-state index in [-0.39, 0.29) is 16.2 Å². The van der Waals surface area contributed by atoms with Crippen LogP contribution in [-0.4, -0.2) is 16.7 Å². The molecule has 0 aromatic heterocycles. The van der Waals surface area contributed by atoms with Gasteiger partial charge in [-0.2, -0.15) is 0 Å². The molecule has 3 nitrogen and oxygen atoms in total. The van der Waals surface area contributed by atoms with E-state index in [4.69, 9.17) is 4.74 Å². The molecular formula is C30H41BrO3. The average molecular weight is 530 g/mol. The lowest BCUT2D eigenvalue weighted by atomic mass is 9.45. The van der Waals surface area contributed by atoms with Crippen molar-refractivity contribution in [3.05, 3.63) is 46.0 Å². The number of fused-ring (bicyclic) bond motifs is 5. The summed E-state index contributed by atoms with van der Waals surface area (Å²) in [5, 5.41) is 11.4. The van der Waals surface area contributed by atoms with Crippen molar-refractivity contribution in [2.45, 2.75) is 97.9 Å². The Kier molecular flexibility index (Phi) is 6.22. The van der Waals surface area contributed by atoms with Crippen molar-refractivity contribution in [3.8, 4) is 0 Å². The zero-order valence-electron chi connectivity index (χ0n) is 21.3. The number of ketones is 1. The van der Waals surface area contributed by atoms with Crippen LogP contribution in [-0.2, 0) is 16.1 Å². The Labute approximate surface area is 213 Å². The summed E-state index contributed by atoms with van der Waals surface area (Å²) < 4.78 is 7.19. The first-order valence-electron chi connectivity index (χ1n) is 13.4. The summed E-state index contributed by atoms with van der Waals surface area (Å²) in [6.45, 7) is 9.42. The normalized spacial score (nSPS) is 43.5. The molecule has 3 fully saturated rings. The minimum atomic E-state index is -1.08. The third-order valence-electron chi connectivity index (χ3n) is 11.2. The first-order chi connectivity index (χ1) is 16.1.